The summed E-state index contributed by atoms with van der Waals surface area (Å²) in [5.74, 6) is 0.902. The second-order valence-corrected chi connectivity index (χ2v) is 5.41. The van der Waals surface area contributed by atoms with Crippen LogP contribution in [0.25, 0.3) is 0 Å². The van der Waals surface area contributed by atoms with E-state index in [0.29, 0.717) is 6.61 Å². The van der Waals surface area contributed by atoms with Gasteiger partial charge in [-0.3, -0.25) is 4.90 Å². The van der Waals surface area contributed by atoms with E-state index in [1.165, 1.54) is 52.0 Å². The van der Waals surface area contributed by atoms with Gasteiger partial charge >= 0.3 is 0 Å². The van der Waals surface area contributed by atoms with Gasteiger partial charge < -0.3 is 15.3 Å². The molecular formula is C13H27N3O. The number of nitrogens with one attached hydrogen (secondary N) is 1. The van der Waals surface area contributed by atoms with Crippen molar-refractivity contribution in [3.05, 3.63) is 0 Å². The molecule has 2 rings (SSSR count). The Morgan fingerprint density at radius 1 is 1.06 bits per heavy atom. The summed E-state index contributed by atoms with van der Waals surface area (Å²) in [5, 5.41) is 12.4. The SMILES string of the molecule is OCCN1CCN(CCC2CCCNC2)CC1. The van der Waals surface area contributed by atoms with Gasteiger partial charge in [0.1, 0.15) is 0 Å². The van der Waals surface area contributed by atoms with Gasteiger partial charge in [0.05, 0.1) is 6.61 Å². The lowest BCUT2D eigenvalue weighted by Gasteiger charge is -2.35. The van der Waals surface area contributed by atoms with Crippen molar-refractivity contribution in [1.82, 2.24) is 15.1 Å². The molecule has 1 unspecified atom stereocenters. The zero-order chi connectivity index (χ0) is 11.9. The van der Waals surface area contributed by atoms with Crippen LogP contribution in [0, 0.1) is 5.92 Å². The van der Waals surface area contributed by atoms with Gasteiger partial charge in [-0.05, 0) is 44.8 Å². The highest BCUT2D eigenvalue weighted by Gasteiger charge is 2.18. The highest BCUT2D eigenvalue weighted by atomic mass is 16.3. The number of nitrogens with zero attached hydrogens (tertiary/aromatic N) is 2. The molecule has 0 radical (unpaired) electrons. The van der Waals surface area contributed by atoms with E-state index >= 15 is 0 Å². The van der Waals surface area contributed by atoms with Crippen LogP contribution >= 0.6 is 0 Å². The largest absolute Gasteiger partial charge is 0.395 e. The predicted octanol–water partition coefficient (Wildman–Crippen LogP) is -0.0140. The van der Waals surface area contributed by atoms with E-state index in [0.717, 1.165) is 25.6 Å². The van der Waals surface area contributed by atoms with Crippen LogP contribution in [0.3, 0.4) is 0 Å². The van der Waals surface area contributed by atoms with Crippen molar-refractivity contribution < 1.29 is 5.11 Å². The summed E-state index contributed by atoms with van der Waals surface area (Å²) in [6.45, 7) is 9.47. The first-order valence-electron chi connectivity index (χ1n) is 7.15. The fourth-order valence-electron chi connectivity index (χ4n) is 2.91. The van der Waals surface area contributed by atoms with Crippen LogP contribution in [-0.4, -0.2) is 73.9 Å². The number of hydrogen-bond acceptors (Lipinski definition) is 4. The first-order chi connectivity index (χ1) is 8.38. The molecule has 1 atom stereocenters. The van der Waals surface area contributed by atoms with Crippen LogP contribution < -0.4 is 5.32 Å². The predicted molar refractivity (Wildman–Crippen MR) is 70.2 cm³/mol. The minimum Gasteiger partial charge on any atom is -0.395 e. The summed E-state index contributed by atoms with van der Waals surface area (Å²) < 4.78 is 0. The van der Waals surface area contributed by atoms with Crippen molar-refractivity contribution in [3.8, 4) is 0 Å². The fourth-order valence-corrected chi connectivity index (χ4v) is 2.91. The van der Waals surface area contributed by atoms with E-state index in [9.17, 15) is 0 Å². The summed E-state index contributed by atoms with van der Waals surface area (Å²) in [5.41, 5.74) is 0. The first-order valence-corrected chi connectivity index (χ1v) is 7.15. The van der Waals surface area contributed by atoms with Crippen LogP contribution in [0.4, 0.5) is 0 Å². The molecule has 0 saturated carbocycles. The molecule has 0 amide bonds. The van der Waals surface area contributed by atoms with Gasteiger partial charge in [0.25, 0.3) is 0 Å². The zero-order valence-electron chi connectivity index (χ0n) is 10.9. The number of β-amino-alcohol motifs (C(OH)–C–C–N with tert-alkyl or cyclic N) is 1. The molecule has 2 aliphatic rings. The molecule has 2 aliphatic heterocycles. The lowest BCUT2D eigenvalue weighted by Crippen LogP contribution is -2.47. The Labute approximate surface area is 105 Å². The molecular weight excluding hydrogens is 214 g/mol. The van der Waals surface area contributed by atoms with Crippen molar-refractivity contribution in [2.75, 3.05) is 59.0 Å². The maximum absolute atomic E-state index is 8.90. The number of rotatable bonds is 5. The van der Waals surface area contributed by atoms with Gasteiger partial charge in [0, 0.05) is 32.7 Å². The average molecular weight is 241 g/mol. The lowest BCUT2D eigenvalue weighted by molar-refractivity contribution is 0.107. The van der Waals surface area contributed by atoms with Crippen molar-refractivity contribution >= 4 is 0 Å². The molecule has 0 aromatic heterocycles. The number of piperazine rings is 1. The summed E-state index contributed by atoms with van der Waals surface area (Å²) in [4.78, 5) is 4.95. The molecule has 0 aromatic carbocycles. The van der Waals surface area contributed by atoms with Gasteiger partial charge in [-0.25, -0.2) is 0 Å². The Hall–Kier alpha value is -0.160. The summed E-state index contributed by atoms with van der Waals surface area (Å²) in [6.07, 6.45) is 4.12. The van der Waals surface area contributed by atoms with Gasteiger partial charge in [0.2, 0.25) is 0 Å². The number of hydrogen-bond donors (Lipinski definition) is 2. The van der Waals surface area contributed by atoms with Gasteiger partial charge in [-0.1, -0.05) is 0 Å². The third-order valence-corrected chi connectivity index (χ3v) is 4.13. The zero-order valence-corrected chi connectivity index (χ0v) is 10.9. The van der Waals surface area contributed by atoms with Gasteiger partial charge in [-0.2, -0.15) is 0 Å². The van der Waals surface area contributed by atoms with Crippen LogP contribution in [0.1, 0.15) is 19.3 Å². The molecule has 0 spiro atoms. The maximum Gasteiger partial charge on any atom is 0.0558 e. The third kappa shape index (κ3) is 4.54. The van der Waals surface area contributed by atoms with E-state index in [-0.39, 0.29) is 0 Å². The molecule has 100 valence electrons. The van der Waals surface area contributed by atoms with Crippen molar-refractivity contribution in [2.24, 2.45) is 5.92 Å². The Bertz CT molecular complexity index is 199. The molecule has 4 heteroatoms. The highest BCUT2D eigenvalue weighted by Crippen LogP contribution is 2.15. The molecule has 2 fully saturated rings. The smallest absolute Gasteiger partial charge is 0.0558 e. The van der Waals surface area contributed by atoms with Crippen LogP contribution in [0.15, 0.2) is 0 Å². The Kier molecular flexibility index (Phi) is 5.71. The van der Waals surface area contributed by atoms with E-state index < -0.39 is 0 Å². The average Bonchev–Trinajstić information content (AvgIpc) is 2.40. The van der Waals surface area contributed by atoms with Gasteiger partial charge in [0.15, 0.2) is 0 Å². The van der Waals surface area contributed by atoms with Crippen molar-refractivity contribution in [1.29, 1.82) is 0 Å². The normalized spacial score (nSPS) is 28.4. The second kappa shape index (κ2) is 7.31. The second-order valence-electron chi connectivity index (χ2n) is 5.41. The lowest BCUT2D eigenvalue weighted by atomic mass is 9.96. The molecule has 4 nitrogen and oxygen atoms in total. The monoisotopic (exact) mass is 241 g/mol. The van der Waals surface area contributed by atoms with Crippen molar-refractivity contribution in [2.45, 2.75) is 19.3 Å². The standard InChI is InChI=1S/C13H27N3O/c17-11-10-16-8-6-15(7-9-16)5-3-13-2-1-4-14-12-13/h13-14,17H,1-12H2. The summed E-state index contributed by atoms with van der Waals surface area (Å²) in [7, 11) is 0. The third-order valence-electron chi connectivity index (χ3n) is 4.13. The molecule has 2 heterocycles. The van der Waals surface area contributed by atoms with E-state index in [1.807, 2.05) is 0 Å². The molecule has 0 aromatic rings. The van der Waals surface area contributed by atoms with Crippen molar-refractivity contribution in [3.63, 3.8) is 0 Å². The van der Waals surface area contributed by atoms with Gasteiger partial charge in [-0.15, -0.1) is 0 Å². The summed E-state index contributed by atoms with van der Waals surface area (Å²) in [6, 6.07) is 0. The summed E-state index contributed by atoms with van der Waals surface area (Å²) >= 11 is 0. The molecule has 2 saturated heterocycles. The quantitative estimate of drug-likeness (QED) is 0.710. The Balaban J connectivity index is 1.57. The highest BCUT2D eigenvalue weighted by molar-refractivity contribution is 4.75. The number of aliphatic hydroxyl groups excluding tert-OH is 1. The minimum atomic E-state index is 0.299. The van der Waals surface area contributed by atoms with E-state index in [4.69, 9.17) is 5.11 Å². The Morgan fingerprint density at radius 2 is 1.76 bits per heavy atom. The number of piperidine rings is 1. The maximum atomic E-state index is 8.90. The van der Waals surface area contributed by atoms with E-state index in [1.54, 1.807) is 0 Å². The minimum absolute atomic E-state index is 0.299. The van der Waals surface area contributed by atoms with Crippen LogP contribution in [0.5, 0.6) is 0 Å². The molecule has 0 aliphatic carbocycles. The first kappa shape index (κ1) is 13.3. The molecule has 2 N–H and O–H groups in total. The fraction of sp³-hybridized carbons (Fsp3) is 1.00. The number of aliphatic hydroxyl groups is 1. The molecule has 17 heavy (non-hydrogen) atoms. The Morgan fingerprint density at radius 3 is 2.35 bits per heavy atom. The van der Waals surface area contributed by atoms with E-state index in [2.05, 4.69) is 15.1 Å². The topological polar surface area (TPSA) is 38.7 Å². The van der Waals surface area contributed by atoms with Crippen LogP contribution in [-0.2, 0) is 0 Å². The van der Waals surface area contributed by atoms with Crippen LogP contribution in [0.2, 0.25) is 0 Å². The molecule has 0 bridgehead atoms.